The van der Waals surface area contributed by atoms with Gasteiger partial charge in [-0.05, 0) is 46.4 Å². The molecule has 0 saturated heterocycles. The van der Waals surface area contributed by atoms with Crippen molar-refractivity contribution in [2.24, 2.45) is 5.73 Å². The Morgan fingerprint density at radius 2 is 1.96 bits per heavy atom. The van der Waals surface area contributed by atoms with Crippen LogP contribution < -0.4 is 16.2 Å². The fourth-order valence-electron chi connectivity index (χ4n) is 3.19. The summed E-state index contributed by atoms with van der Waals surface area (Å²) < 4.78 is 0. The van der Waals surface area contributed by atoms with Gasteiger partial charge in [-0.3, -0.25) is 0 Å². The third kappa shape index (κ3) is 3.26. The Labute approximate surface area is 143 Å². The molecule has 0 aliphatic heterocycles. The molecule has 1 aliphatic carbocycles. The summed E-state index contributed by atoms with van der Waals surface area (Å²) in [6, 6.07) is 14.5. The van der Waals surface area contributed by atoms with Crippen molar-refractivity contribution in [1.82, 2.24) is 0 Å². The summed E-state index contributed by atoms with van der Waals surface area (Å²) in [6.45, 7) is 8.06. The molecular weight excluding hydrogens is 290 g/mol. The lowest BCUT2D eigenvalue weighted by Crippen LogP contribution is -2.24. The van der Waals surface area contributed by atoms with Crippen molar-refractivity contribution >= 4 is 23.9 Å². The van der Waals surface area contributed by atoms with Crippen molar-refractivity contribution in [2.45, 2.75) is 19.3 Å². The van der Waals surface area contributed by atoms with Crippen molar-refractivity contribution in [3.63, 3.8) is 0 Å². The molecule has 1 heteroatoms. The van der Waals surface area contributed by atoms with Crippen molar-refractivity contribution < 1.29 is 0 Å². The topological polar surface area (TPSA) is 26.0 Å². The Hall–Kier alpha value is -2.80. The summed E-state index contributed by atoms with van der Waals surface area (Å²) in [5, 5.41) is 2.14. The first-order valence-electron chi connectivity index (χ1n) is 8.34. The second-order valence-corrected chi connectivity index (χ2v) is 6.07. The number of fused-ring (bicyclic) bond motifs is 1. The summed E-state index contributed by atoms with van der Waals surface area (Å²) in [6.07, 6.45) is 11.3. The smallest absolute Gasteiger partial charge is 0.0356 e. The second-order valence-electron chi connectivity index (χ2n) is 6.07. The maximum Gasteiger partial charge on any atom is 0.0356 e. The van der Waals surface area contributed by atoms with Gasteiger partial charge in [-0.15, -0.1) is 0 Å². The molecule has 0 heterocycles. The second kappa shape index (κ2) is 7.18. The molecular formula is C23H23N. The van der Waals surface area contributed by atoms with Crippen LogP contribution in [0.4, 0.5) is 0 Å². The minimum atomic E-state index is 0.745. The van der Waals surface area contributed by atoms with E-state index in [9.17, 15) is 0 Å². The van der Waals surface area contributed by atoms with E-state index in [0.717, 1.165) is 46.5 Å². The van der Waals surface area contributed by atoms with Crippen molar-refractivity contribution in [2.75, 3.05) is 0 Å². The highest BCUT2D eigenvalue weighted by Gasteiger charge is 2.10. The average Bonchev–Trinajstić information content (AvgIpc) is 2.63. The van der Waals surface area contributed by atoms with Crippen LogP contribution in [0, 0.1) is 0 Å². The van der Waals surface area contributed by atoms with Crippen LogP contribution in [-0.4, -0.2) is 0 Å². The van der Waals surface area contributed by atoms with Gasteiger partial charge >= 0.3 is 0 Å². The molecule has 2 aromatic carbocycles. The average molecular weight is 313 g/mol. The first kappa shape index (κ1) is 16.1. The number of benzene rings is 2. The molecule has 24 heavy (non-hydrogen) atoms. The molecule has 0 fully saturated rings. The summed E-state index contributed by atoms with van der Waals surface area (Å²) in [4.78, 5) is 0. The standard InChI is InChI=1S/C23H23N/c1-3-18(20-12-6-4-9-17(20)2)15-16-23(24)22-14-8-11-19-10-5-7-13-21(19)22/h3-4,6-9,11-14,16H,1-2,5,10,15,24H2/b20-18+,23-16-. The quantitative estimate of drug-likeness (QED) is 0.913. The maximum absolute atomic E-state index is 6.40. The minimum absolute atomic E-state index is 0.745. The lowest BCUT2D eigenvalue weighted by molar-refractivity contribution is 0.983. The zero-order valence-corrected chi connectivity index (χ0v) is 14.0. The van der Waals surface area contributed by atoms with E-state index in [4.69, 9.17) is 5.73 Å². The molecule has 2 N–H and O–H groups in total. The first-order chi connectivity index (χ1) is 11.7. The lowest BCUT2D eigenvalue weighted by atomic mass is 9.91. The van der Waals surface area contributed by atoms with E-state index in [-0.39, 0.29) is 0 Å². The molecule has 120 valence electrons. The Kier molecular flexibility index (Phi) is 4.81. The Bertz CT molecular complexity index is 929. The number of aryl methyl sites for hydroxylation is 1. The van der Waals surface area contributed by atoms with Gasteiger partial charge in [0.25, 0.3) is 0 Å². The van der Waals surface area contributed by atoms with Crippen LogP contribution in [0.5, 0.6) is 0 Å². The third-order valence-electron chi connectivity index (χ3n) is 4.52. The van der Waals surface area contributed by atoms with Crippen molar-refractivity contribution in [3.05, 3.63) is 94.4 Å². The summed E-state index contributed by atoms with van der Waals surface area (Å²) in [5.74, 6) is 0. The van der Waals surface area contributed by atoms with Crippen LogP contribution in [-0.2, 0) is 6.42 Å². The van der Waals surface area contributed by atoms with E-state index in [1.807, 2.05) is 24.3 Å². The van der Waals surface area contributed by atoms with Crippen molar-refractivity contribution in [3.8, 4) is 0 Å². The van der Waals surface area contributed by atoms with E-state index in [2.05, 4.69) is 55.7 Å². The van der Waals surface area contributed by atoms with E-state index in [0.29, 0.717) is 0 Å². The molecule has 0 saturated carbocycles. The van der Waals surface area contributed by atoms with E-state index >= 15 is 0 Å². The van der Waals surface area contributed by atoms with E-state index in [1.54, 1.807) is 0 Å². The summed E-state index contributed by atoms with van der Waals surface area (Å²) in [5.41, 5.74) is 12.1. The zero-order valence-electron chi connectivity index (χ0n) is 14.0. The number of hydrogen-bond donors (Lipinski definition) is 1. The third-order valence-corrected chi connectivity index (χ3v) is 4.52. The van der Waals surface area contributed by atoms with Gasteiger partial charge in [0.2, 0.25) is 0 Å². The van der Waals surface area contributed by atoms with Crippen LogP contribution in [0.3, 0.4) is 0 Å². The predicted octanol–water partition coefficient (Wildman–Crippen LogP) is 3.78. The van der Waals surface area contributed by atoms with Gasteiger partial charge in [0.05, 0.1) is 0 Å². The Morgan fingerprint density at radius 3 is 2.75 bits per heavy atom. The van der Waals surface area contributed by atoms with Gasteiger partial charge < -0.3 is 5.73 Å². The molecule has 3 rings (SSSR count). The number of allylic oxidation sites excluding steroid dienone is 3. The molecule has 0 radical (unpaired) electrons. The number of hydrogen-bond acceptors (Lipinski definition) is 1. The van der Waals surface area contributed by atoms with Crippen molar-refractivity contribution in [1.29, 1.82) is 0 Å². The van der Waals surface area contributed by atoms with Gasteiger partial charge in [-0.25, -0.2) is 0 Å². The molecule has 0 aromatic heterocycles. The molecule has 1 nitrogen and oxygen atoms in total. The summed E-state index contributed by atoms with van der Waals surface area (Å²) >= 11 is 0. The summed E-state index contributed by atoms with van der Waals surface area (Å²) in [7, 11) is 0. The number of rotatable bonds is 4. The maximum atomic E-state index is 6.40. The first-order valence-corrected chi connectivity index (χ1v) is 8.34. The molecule has 0 atom stereocenters. The highest BCUT2D eigenvalue weighted by molar-refractivity contribution is 5.76. The Morgan fingerprint density at radius 1 is 1.12 bits per heavy atom. The van der Waals surface area contributed by atoms with Gasteiger partial charge in [-0.1, -0.05) is 79.9 Å². The normalized spacial score (nSPS) is 14.9. The van der Waals surface area contributed by atoms with Gasteiger partial charge in [0, 0.05) is 11.3 Å². The molecule has 0 bridgehead atoms. The molecule has 0 unspecified atom stereocenters. The molecule has 2 aromatic rings. The lowest BCUT2D eigenvalue weighted by Gasteiger charge is -2.15. The fourth-order valence-corrected chi connectivity index (χ4v) is 3.19. The van der Waals surface area contributed by atoms with E-state index < -0.39 is 0 Å². The predicted molar refractivity (Wildman–Crippen MR) is 105 cm³/mol. The van der Waals surface area contributed by atoms with E-state index in [1.165, 1.54) is 11.1 Å². The van der Waals surface area contributed by atoms with Crippen LogP contribution in [0.1, 0.15) is 29.5 Å². The zero-order chi connectivity index (χ0) is 16.9. The largest absolute Gasteiger partial charge is 0.398 e. The monoisotopic (exact) mass is 313 g/mol. The molecule has 1 aliphatic rings. The molecule has 0 spiro atoms. The van der Waals surface area contributed by atoms with Crippen LogP contribution in [0.15, 0.2) is 67.3 Å². The van der Waals surface area contributed by atoms with Crippen LogP contribution >= 0.6 is 0 Å². The highest BCUT2D eigenvalue weighted by atomic mass is 14.6. The van der Waals surface area contributed by atoms with Gasteiger partial charge in [0.1, 0.15) is 0 Å². The van der Waals surface area contributed by atoms with Crippen LogP contribution in [0.2, 0.25) is 0 Å². The fraction of sp³-hybridized carbons (Fsp3) is 0.130. The number of nitrogens with two attached hydrogens (primary N) is 1. The SMILES string of the molecule is C=C/C(C/C=C(\N)c1cccc2c1C=CCC2)=c1/ccccc1=C. The van der Waals surface area contributed by atoms with Gasteiger partial charge in [-0.2, -0.15) is 0 Å². The van der Waals surface area contributed by atoms with Gasteiger partial charge in [0.15, 0.2) is 0 Å². The Balaban J connectivity index is 1.98. The molecule has 0 amide bonds. The minimum Gasteiger partial charge on any atom is -0.398 e. The highest BCUT2D eigenvalue weighted by Crippen LogP contribution is 2.26. The van der Waals surface area contributed by atoms with Crippen LogP contribution in [0.25, 0.3) is 23.9 Å².